The first-order valence-corrected chi connectivity index (χ1v) is 6.84. The summed E-state index contributed by atoms with van der Waals surface area (Å²) in [7, 11) is -3.87. The second-order valence-electron chi connectivity index (χ2n) is 4.13. The Labute approximate surface area is 105 Å². The Bertz CT molecular complexity index is 542. The fourth-order valence-corrected chi connectivity index (χ4v) is 3.65. The summed E-state index contributed by atoms with van der Waals surface area (Å²) in [5, 5.41) is 18.5. The molecular weight excluding hydrogens is 258 g/mol. The largest absolute Gasteiger partial charge is 0.480 e. The van der Waals surface area contributed by atoms with Gasteiger partial charge in [0.15, 0.2) is 0 Å². The van der Waals surface area contributed by atoms with Gasteiger partial charge in [-0.2, -0.15) is 4.31 Å². The molecule has 98 valence electrons. The molecule has 0 aromatic heterocycles. The van der Waals surface area contributed by atoms with Gasteiger partial charge in [-0.15, -0.1) is 0 Å². The van der Waals surface area contributed by atoms with Crippen LogP contribution in [0.5, 0.6) is 0 Å². The van der Waals surface area contributed by atoms with Crippen molar-refractivity contribution in [2.75, 3.05) is 6.54 Å². The predicted molar refractivity (Wildman–Crippen MR) is 62.4 cm³/mol. The number of nitrogens with zero attached hydrogens (tertiary/aromatic N) is 1. The smallest absolute Gasteiger partial charge is 0.322 e. The molecule has 1 saturated heterocycles. The number of rotatable bonds is 3. The SMILES string of the molecule is O=C(O)C1CC(O)CN1S(=O)(=O)c1ccccc1. The van der Waals surface area contributed by atoms with E-state index in [0.717, 1.165) is 4.31 Å². The van der Waals surface area contributed by atoms with E-state index in [1.807, 2.05) is 0 Å². The molecule has 2 unspecified atom stereocenters. The number of carbonyl (C=O) groups is 1. The van der Waals surface area contributed by atoms with Crippen molar-refractivity contribution in [2.24, 2.45) is 0 Å². The zero-order valence-electron chi connectivity index (χ0n) is 9.43. The van der Waals surface area contributed by atoms with E-state index < -0.39 is 28.1 Å². The lowest BCUT2D eigenvalue weighted by Crippen LogP contribution is -2.40. The lowest BCUT2D eigenvalue weighted by molar-refractivity contribution is -0.140. The monoisotopic (exact) mass is 271 g/mol. The first-order chi connectivity index (χ1) is 8.43. The molecule has 1 fully saturated rings. The minimum atomic E-state index is -3.87. The number of sulfonamides is 1. The van der Waals surface area contributed by atoms with Crippen LogP contribution in [0.15, 0.2) is 35.2 Å². The topological polar surface area (TPSA) is 94.9 Å². The van der Waals surface area contributed by atoms with Gasteiger partial charge in [0.1, 0.15) is 6.04 Å². The van der Waals surface area contributed by atoms with E-state index in [9.17, 15) is 18.3 Å². The molecule has 0 spiro atoms. The van der Waals surface area contributed by atoms with Gasteiger partial charge in [0, 0.05) is 13.0 Å². The Morgan fingerprint density at radius 1 is 1.28 bits per heavy atom. The van der Waals surface area contributed by atoms with Crippen molar-refractivity contribution in [2.45, 2.75) is 23.5 Å². The third-order valence-corrected chi connectivity index (χ3v) is 4.76. The third-order valence-electron chi connectivity index (χ3n) is 2.87. The highest BCUT2D eigenvalue weighted by Gasteiger charge is 2.43. The number of carboxylic acids is 1. The van der Waals surface area contributed by atoms with Crippen LogP contribution in [-0.2, 0) is 14.8 Å². The predicted octanol–water partition coefficient (Wildman–Crippen LogP) is -0.105. The van der Waals surface area contributed by atoms with Crippen molar-refractivity contribution in [3.05, 3.63) is 30.3 Å². The van der Waals surface area contributed by atoms with Gasteiger partial charge in [0.2, 0.25) is 10.0 Å². The van der Waals surface area contributed by atoms with Gasteiger partial charge < -0.3 is 10.2 Å². The molecule has 2 N–H and O–H groups in total. The Morgan fingerprint density at radius 2 is 1.89 bits per heavy atom. The van der Waals surface area contributed by atoms with E-state index in [-0.39, 0.29) is 17.9 Å². The summed E-state index contributed by atoms with van der Waals surface area (Å²) in [6, 6.07) is 6.40. The Balaban J connectivity index is 2.38. The quantitative estimate of drug-likeness (QED) is 0.800. The molecule has 1 aromatic rings. The van der Waals surface area contributed by atoms with Crippen LogP contribution in [-0.4, -0.2) is 47.6 Å². The van der Waals surface area contributed by atoms with Crippen molar-refractivity contribution >= 4 is 16.0 Å². The zero-order chi connectivity index (χ0) is 13.3. The maximum atomic E-state index is 12.2. The fraction of sp³-hybridized carbons (Fsp3) is 0.364. The maximum absolute atomic E-state index is 12.2. The van der Waals surface area contributed by atoms with Crippen molar-refractivity contribution < 1.29 is 23.4 Å². The van der Waals surface area contributed by atoms with Gasteiger partial charge in [-0.05, 0) is 12.1 Å². The molecule has 0 aliphatic carbocycles. The summed E-state index contributed by atoms with van der Waals surface area (Å²) < 4.78 is 25.3. The summed E-state index contributed by atoms with van der Waals surface area (Å²) in [6.07, 6.45) is -1.02. The molecule has 7 heteroatoms. The molecule has 0 saturated carbocycles. The fourth-order valence-electron chi connectivity index (χ4n) is 2.00. The number of aliphatic hydroxyl groups excluding tert-OH is 1. The molecule has 0 amide bonds. The first kappa shape index (κ1) is 13.0. The highest BCUT2D eigenvalue weighted by molar-refractivity contribution is 7.89. The summed E-state index contributed by atoms with van der Waals surface area (Å²) in [4.78, 5) is 11.1. The molecule has 1 aliphatic heterocycles. The normalized spacial score (nSPS) is 25.2. The molecule has 6 nitrogen and oxygen atoms in total. The number of carboxylic acid groups (broad SMARTS) is 1. The van der Waals surface area contributed by atoms with Gasteiger partial charge >= 0.3 is 5.97 Å². The van der Waals surface area contributed by atoms with Crippen LogP contribution in [0.3, 0.4) is 0 Å². The van der Waals surface area contributed by atoms with Gasteiger partial charge in [-0.1, -0.05) is 18.2 Å². The Kier molecular flexibility index (Phi) is 3.38. The molecule has 0 bridgehead atoms. The van der Waals surface area contributed by atoms with Crippen molar-refractivity contribution in [3.8, 4) is 0 Å². The van der Waals surface area contributed by atoms with Crippen LogP contribution in [0.25, 0.3) is 0 Å². The number of hydrogen-bond donors (Lipinski definition) is 2. The standard InChI is InChI=1S/C11H13NO5S/c13-8-6-10(11(14)15)12(7-8)18(16,17)9-4-2-1-3-5-9/h1-5,8,10,13H,6-7H2,(H,14,15). The lowest BCUT2D eigenvalue weighted by Gasteiger charge is -2.20. The number of benzene rings is 1. The molecule has 1 aliphatic rings. The van der Waals surface area contributed by atoms with Crippen LogP contribution in [0.4, 0.5) is 0 Å². The molecule has 0 radical (unpaired) electrons. The van der Waals surface area contributed by atoms with Crippen LogP contribution >= 0.6 is 0 Å². The minimum absolute atomic E-state index is 0.0327. The van der Waals surface area contributed by atoms with Crippen LogP contribution in [0.2, 0.25) is 0 Å². The van der Waals surface area contributed by atoms with Gasteiger partial charge in [0.25, 0.3) is 0 Å². The van der Waals surface area contributed by atoms with E-state index in [4.69, 9.17) is 5.11 Å². The van der Waals surface area contributed by atoms with E-state index in [1.54, 1.807) is 18.2 Å². The summed E-state index contributed by atoms with van der Waals surface area (Å²) in [6.45, 7) is -0.186. The number of aliphatic carboxylic acids is 1. The molecular formula is C11H13NO5S. The second kappa shape index (κ2) is 4.68. The van der Waals surface area contributed by atoms with Crippen molar-refractivity contribution in [1.82, 2.24) is 4.31 Å². The van der Waals surface area contributed by atoms with Crippen LogP contribution in [0, 0.1) is 0 Å². The highest BCUT2D eigenvalue weighted by atomic mass is 32.2. The van der Waals surface area contributed by atoms with Gasteiger partial charge in [0.05, 0.1) is 11.0 Å². The van der Waals surface area contributed by atoms with E-state index >= 15 is 0 Å². The highest BCUT2D eigenvalue weighted by Crippen LogP contribution is 2.26. The lowest BCUT2D eigenvalue weighted by atomic mass is 10.2. The Hall–Kier alpha value is -1.44. The van der Waals surface area contributed by atoms with Crippen LogP contribution < -0.4 is 0 Å². The van der Waals surface area contributed by atoms with E-state index in [1.165, 1.54) is 12.1 Å². The maximum Gasteiger partial charge on any atom is 0.322 e. The molecule has 1 aromatic carbocycles. The number of β-amino-alcohol motifs (C(OH)–C–C–N with tert-alkyl or cyclic N) is 1. The summed E-state index contributed by atoms with van der Waals surface area (Å²) in [5.41, 5.74) is 0. The third kappa shape index (κ3) is 2.24. The number of aliphatic hydroxyl groups is 1. The summed E-state index contributed by atoms with van der Waals surface area (Å²) >= 11 is 0. The molecule has 1 heterocycles. The minimum Gasteiger partial charge on any atom is -0.480 e. The van der Waals surface area contributed by atoms with Crippen molar-refractivity contribution in [1.29, 1.82) is 0 Å². The molecule has 18 heavy (non-hydrogen) atoms. The van der Waals surface area contributed by atoms with E-state index in [2.05, 4.69) is 0 Å². The van der Waals surface area contributed by atoms with Crippen LogP contribution in [0.1, 0.15) is 6.42 Å². The molecule has 2 atom stereocenters. The average Bonchev–Trinajstić information content (AvgIpc) is 2.73. The van der Waals surface area contributed by atoms with Crippen molar-refractivity contribution in [3.63, 3.8) is 0 Å². The zero-order valence-corrected chi connectivity index (χ0v) is 10.2. The van der Waals surface area contributed by atoms with E-state index in [0.29, 0.717) is 0 Å². The first-order valence-electron chi connectivity index (χ1n) is 5.40. The Morgan fingerprint density at radius 3 is 2.44 bits per heavy atom. The van der Waals surface area contributed by atoms with Gasteiger partial charge in [-0.25, -0.2) is 8.42 Å². The second-order valence-corrected chi connectivity index (χ2v) is 6.02. The number of hydrogen-bond acceptors (Lipinski definition) is 4. The summed E-state index contributed by atoms with van der Waals surface area (Å²) in [5.74, 6) is -1.24. The average molecular weight is 271 g/mol. The van der Waals surface area contributed by atoms with Gasteiger partial charge in [-0.3, -0.25) is 4.79 Å². The molecule has 2 rings (SSSR count).